The van der Waals surface area contributed by atoms with Gasteiger partial charge in [-0.1, -0.05) is 24.3 Å². The number of para-hydroxylation sites is 1. The highest BCUT2D eigenvalue weighted by Crippen LogP contribution is 2.19. The quantitative estimate of drug-likeness (QED) is 0.693. The average Bonchev–Trinajstić information content (AvgIpc) is 2.81. The van der Waals surface area contributed by atoms with Crippen molar-refractivity contribution in [1.29, 1.82) is 0 Å². The molecule has 0 spiro atoms. The number of rotatable bonds is 3. The van der Waals surface area contributed by atoms with E-state index in [-0.39, 0.29) is 12.2 Å². The minimum Gasteiger partial charge on any atom is -0.292 e. The second kappa shape index (κ2) is 5.09. The smallest absolute Gasteiger partial charge is 0.188 e. The molecule has 0 unspecified atom stereocenters. The lowest BCUT2D eigenvalue weighted by Crippen LogP contribution is -2.06. The van der Waals surface area contributed by atoms with Gasteiger partial charge in [-0.3, -0.25) is 9.48 Å². The van der Waals surface area contributed by atoms with Crippen molar-refractivity contribution in [1.82, 2.24) is 9.78 Å². The molecular formula is C16H12F2N2O. The van der Waals surface area contributed by atoms with Gasteiger partial charge in [0, 0.05) is 18.9 Å². The maximum atomic E-state index is 13.2. The summed E-state index contributed by atoms with van der Waals surface area (Å²) in [6, 6.07) is 10.9. The van der Waals surface area contributed by atoms with Gasteiger partial charge in [0.1, 0.15) is 5.69 Å². The van der Waals surface area contributed by atoms with Crippen molar-refractivity contribution < 1.29 is 13.6 Å². The number of aryl methyl sites for hydroxylation is 1. The molecule has 2 aromatic carbocycles. The van der Waals surface area contributed by atoms with Crippen LogP contribution >= 0.6 is 0 Å². The van der Waals surface area contributed by atoms with Crippen LogP contribution in [0.5, 0.6) is 0 Å². The molecule has 106 valence electrons. The first kappa shape index (κ1) is 13.4. The van der Waals surface area contributed by atoms with Crippen molar-refractivity contribution in [3.63, 3.8) is 0 Å². The van der Waals surface area contributed by atoms with Gasteiger partial charge in [-0.05, 0) is 23.8 Å². The number of hydrogen-bond acceptors (Lipinski definition) is 2. The van der Waals surface area contributed by atoms with Crippen LogP contribution in [0.2, 0.25) is 0 Å². The van der Waals surface area contributed by atoms with Crippen LogP contribution in [-0.2, 0) is 13.5 Å². The standard InChI is InChI=1S/C16H12F2N2O/c1-20-14-5-3-2-4-11(14)16(19-20)15(21)9-10-6-7-12(17)13(18)8-10/h2-8H,9H2,1H3. The van der Waals surface area contributed by atoms with Crippen LogP contribution in [0.3, 0.4) is 0 Å². The van der Waals surface area contributed by atoms with Crippen LogP contribution in [-0.4, -0.2) is 15.6 Å². The lowest BCUT2D eigenvalue weighted by Gasteiger charge is -2.00. The number of carbonyl (C=O) groups is 1. The van der Waals surface area contributed by atoms with Crippen molar-refractivity contribution in [2.45, 2.75) is 6.42 Å². The minimum absolute atomic E-state index is 0.0157. The highest BCUT2D eigenvalue weighted by molar-refractivity contribution is 6.06. The number of benzene rings is 2. The fraction of sp³-hybridized carbons (Fsp3) is 0.125. The summed E-state index contributed by atoms with van der Waals surface area (Å²) in [4.78, 5) is 12.3. The Hall–Kier alpha value is -2.56. The molecule has 0 saturated heterocycles. The van der Waals surface area contributed by atoms with E-state index in [1.807, 2.05) is 24.3 Å². The molecule has 3 aromatic rings. The van der Waals surface area contributed by atoms with Crippen LogP contribution in [0, 0.1) is 11.6 Å². The number of carbonyl (C=O) groups excluding carboxylic acids is 1. The molecule has 1 aromatic heterocycles. The van der Waals surface area contributed by atoms with Crippen LogP contribution in [0.4, 0.5) is 8.78 Å². The Morgan fingerprint density at radius 2 is 1.90 bits per heavy atom. The van der Waals surface area contributed by atoms with Gasteiger partial charge in [-0.2, -0.15) is 5.10 Å². The molecule has 0 N–H and O–H groups in total. The zero-order chi connectivity index (χ0) is 15.0. The molecule has 1 heterocycles. The SMILES string of the molecule is Cn1nc(C(=O)Cc2ccc(F)c(F)c2)c2ccccc21. The fourth-order valence-corrected chi connectivity index (χ4v) is 2.34. The number of halogens is 2. The van der Waals surface area contributed by atoms with Crippen molar-refractivity contribution in [2.75, 3.05) is 0 Å². The van der Waals surface area contributed by atoms with E-state index in [9.17, 15) is 13.6 Å². The van der Waals surface area contributed by atoms with E-state index in [1.165, 1.54) is 6.07 Å². The van der Waals surface area contributed by atoms with E-state index in [1.54, 1.807) is 11.7 Å². The van der Waals surface area contributed by atoms with Gasteiger partial charge in [0.2, 0.25) is 0 Å². The molecule has 21 heavy (non-hydrogen) atoms. The molecule has 0 aliphatic heterocycles. The number of ketones is 1. The van der Waals surface area contributed by atoms with Crippen molar-refractivity contribution >= 4 is 16.7 Å². The largest absolute Gasteiger partial charge is 0.292 e. The van der Waals surface area contributed by atoms with Gasteiger partial charge in [-0.15, -0.1) is 0 Å². The molecular weight excluding hydrogens is 274 g/mol. The van der Waals surface area contributed by atoms with E-state index < -0.39 is 11.6 Å². The maximum Gasteiger partial charge on any atom is 0.188 e. The summed E-state index contributed by atoms with van der Waals surface area (Å²) in [6.45, 7) is 0. The second-order valence-corrected chi connectivity index (χ2v) is 4.84. The van der Waals surface area contributed by atoms with Crippen molar-refractivity contribution in [3.05, 3.63) is 65.4 Å². The Morgan fingerprint density at radius 1 is 1.14 bits per heavy atom. The van der Waals surface area contributed by atoms with Gasteiger partial charge in [0.25, 0.3) is 0 Å². The molecule has 0 amide bonds. The molecule has 0 aliphatic carbocycles. The van der Waals surface area contributed by atoms with Crippen molar-refractivity contribution in [2.24, 2.45) is 7.05 Å². The van der Waals surface area contributed by atoms with E-state index in [0.29, 0.717) is 11.3 Å². The third kappa shape index (κ3) is 2.42. The minimum atomic E-state index is -0.953. The first-order valence-electron chi connectivity index (χ1n) is 6.45. The first-order valence-corrected chi connectivity index (χ1v) is 6.45. The van der Waals surface area contributed by atoms with Crippen molar-refractivity contribution in [3.8, 4) is 0 Å². The Bertz CT molecular complexity index is 839. The number of hydrogen-bond donors (Lipinski definition) is 0. The monoisotopic (exact) mass is 286 g/mol. The second-order valence-electron chi connectivity index (χ2n) is 4.84. The van der Waals surface area contributed by atoms with Gasteiger partial charge in [0.05, 0.1) is 5.52 Å². The zero-order valence-corrected chi connectivity index (χ0v) is 11.3. The highest BCUT2D eigenvalue weighted by atomic mass is 19.2. The van der Waals surface area contributed by atoms with Gasteiger partial charge < -0.3 is 0 Å². The topological polar surface area (TPSA) is 34.9 Å². The number of Topliss-reactive ketones (excluding diaryl/α,β-unsaturated/α-hetero) is 1. The molecule has 0 bridgehead atoms. The number of aromatic nitrogens is 2. The Balaban J connectivity index is 1.95. The van der Waals surface area contributed by atoms with E-state index in [2.05, 4.69) is 5.10 Å². The molecule has 0 radical (unpaired) electrons. The first-order chi connectivity index (χ1) is 10.1. The molecule has 0 saturated carbocycles. The Kier molecular flexibility index (Phi) is 3.25. The fourth-order valence-electron chi connectivity index (χ4n) is 2.34. The lowest BCUT2D eigenvalue weighted by atomic mass is 10.0. The lowest BCUT2D eigenvalue weighted by molar-refractivity contribution is 0.0989. The van der Waals surface area contributed by atoms with Gasteiger partial charge in [0.15, 0.2) is 17.4 Å². The summed E-state index contributed by atoms with van der Waals surface area (Å²) >= 11 is 0. The molecule has 0 fully saturated rings. The predicted molar refractivity (Wildman–Crippen MR) is 75.1 cm³/mol. The van der Waals surface area contributed by atoms with Gasteiger partial charge in [-0.25, -0.2) is 8.78 Å². The Labute approximate surface area is 119 Å². The Morgan fingerprint density at radius 3 is 2.67 bits per heavy atom. The molecule has 3 rings (SSSR count). The summed E-state index contributed by atoms with van der Waals surface area (Å²) in [6.07, 6.45) is -0.0157. The highest BCUT2D eigenvalue weighted by Gasteiger charge is 2.16. The summed E-state index contributed by atoms with van der Waals surface area (Å²) in [7, 11) is 1.76. The number of nitrogens with zero attached hydrogens (tertiary/aromatic N) is 2. The summed E-state index contributed by atoms with van der Waals surface area (Å²) in [5.74, 6) is -2.10. The predicted octanol–water partition coefficient (Wildman–Crippen LogP) is 3.28. The third-order valence-corrected chi connectivity index (χ3v) is 3.37. The summed E-state index contributed by atoms with van der Waals surface area (Å²) in [5.41, 5.74) is 1.62. The molecule has 3 nitrogen and oxygen atoms in total. The van der Waals surface area contributed by atoms with Crippen LogP contribution in [0.1, 0.15) is 16.1 Å². The van der Waals surface area contributed by atoms with E-state index >= 15 is 0 Å². The summed E-state index contributed by atoms with van der Waals surface area (Å²) < 4.78 is 27.7. The van der Waals surface area contributed by atoms with E-state index in [4.69, 9.17) is 0 Å². The zero-order valence-electron chi connectivity index (χ0n) is 11.3. The third-order valence-electron chi connectivity index (χ3n) is 3.37. The normalized spacial score (nSPS) is 11.0. The van der Waals surface area contributed by atoms with Crippen LogP contribution < -0.4 is 0 Å². The molecule has 0 aliphatic rings. The van der Waals surface area contributed by atoms with Crippen LogP contribution in [0.15, 0.2) is 42.5 Å². The summed E-state index contributed by atoms with van der Waals surface area (Å²) in [5, 5.41) is 4.98. The maximum absolute atomic E-state index is 13.2. The van der Waals surface area contributed by atoms with Gasteiger partial charge >= 0.3 is 0 Å². The molecule has 5 heteroatoms. The van der Waals surface area contributed by atoms with E-state index in [0.717, 1.165) is 23.0 Å². The molecule has 0 atom stereocenters. The average molecular weight is 286 g/mol. The number of fused-ring (bicyclic) bond motifs is 1. The van der Waals surface area contributed by atoms with Crippen LogP contribution in [0.25, 0.3) is 10.9 Å².